The largest absolute Gasteiger partial charge is 0.497 e. The van der Waals surface area contributed by atoms with Gasteiger partial charge in [0.15, 0.2) is 5.78 Å². The van der Waals surface area contributed by atoms with Crippen molar-refractivity contribution in [2.75, 3.05) is 7.11 Å². The summed E-state index contributed by atoms with van der Waals surface area (Å²) in [7, 11) is 1.56. The molecule has 116 valence electrons. The summed E-state index contributed by atoms with van der Waals surface area (Å²) in [5.74, 6) is -1.29. The molecule has 0 spiro atoms. The van der Waals surface area contributed by atoms with Crippen LogP contribution in [0.5, 0.6) is 5.75 Å². The van der Waals surface area contributed by atoms with E-state index in [2.05, 4.69) is 0 Å². The predicted molar refractivity (Wildman–Crippen MR) is 86.6 cm³/mol. The number of methoxy groups -OCH3 is 1. The van der Waals surface area contributed by atoms with Gasteiger partial charge < -0.3 is 9.84 Å². The second kappa shape index (κ2) is 5.55. The molecule has 5 nitrogen and oxygen atoms in total. The smallest absolute Gasteiger partial charge is 0.332 e. The highest BCUT2D eigenvalue weighted by molar-refractivity contribution is 8.16. The molecular formula is C17H12O5S. The first kappa shape index (κ1) is 15.3. The van der Waals surface area contributed by atoms with Gasteiger partial charge >= 0.3 is 5.97 Å². The first-order valence-electron chi connectivity index (χ1n) is 6.74. The van der Waals surface area contributed by atoms with Crippen LogP contribution in [-0.4, -0.2) is 29.1 Å². The van der Waals surface area contributed by atoms with Crippen LogP contribution >= 0.6 is 11.8 Å². The fourth-order valence-corrected chi connectivity index (χ4v) is 3.48. The minimum Gasteiger partial charge on any atom is -0.497 e. The van der Waals surface area contributed by atoms with Gasteiger partial charge in [0.25, 0.3) is 0 Å². The van der Waals surface area contributed by atoms with Gasteiger partial charge in [-0.15, -0.1) is 0 Å². The van der Waals surface area contributed by atoms with Gasteiger partial charge in [0.05, 0.1) is 7.11 Å². The van der Waals surface area contributed by atoms with Crippen LogP contribution in [0.4, 0.5) is 0 Å². The number of ether oxygens (including phenoxy) is 1. The van der Waals surface area contributed by atoms with Gasteiger partial charge in [-0.2, -0.15) is 0 Å². The highest BCUT2D eigenvalue weighted by Gasteiger charge is 2.50. The zero-order valence-electron chi connectivity index (χ0n) is 12.1. The lowest BCUT2D eigenvalue weighted by Gasteiger charge is -2.27. The third-order valence-corrected chi connectivity index (χ3v) is 4.98. The molecule has 1 atom stereocenters. The zero-order chi connectivity index (χ0) is 16.6. The van der Waals surface area contributed by atoms with Crippen molar-refractivity contribution in [2.45, 2.75) is 4.75 Å². The molecule has 1 unspecified atom stereocenters. The molecule has 3 rings (SSSR count). The molecule has 0 radical (unpaired) electrons. The number of carbonyl (C=O) groups is 3. The van der Waals surface area contributed by atoms with Crippen molar-refractivity contribution in [3.05, 3.63) is 54.1 Å². The Morgan fingerprint density at radius 3 is 2.48 bits per heavy atom. The number of hydrogen-bond acceptors (Lipinski definition) is 5. The Morgan fingerprint density at radius 2 is 1.78 bits per heavy atom. The Bertz CT molecular complexity index is 870. The quantitative estimate of drug-likeness (QED) is 0.872. The zero-order valence-corrected chi connectivity index (χ0v) is 12.9. The number of aliphatic carboxylic acids is 1. The molecule has 1 aliphatic rings. The van der Waals surface area contributed by atoms with Crippen LogP contribution in [0.2, 0.25) is 0 Å². The van der Waals surface area contributed by atoms with Gasteiger partial charge in [0.2, 0.25) is 9.86 Å². The third-order valence-electron chi connectivity index (χ3n) is 3.73. The third kappa shape index (κ3) is 2.41. The molecule has 0 amide bonds. The van der Waals surface area contributed by atoms with Gasteiger partial charge in [-0.25, -0.2) is 4.79 Å². The number of ketones is 1. The maximum absolute atomic E-state index is 12.3. The number of thioether (sulfide) groups is 1. The van der Waals surface area contributed by atoms with Crippen LogP contribution in [0, 0.1) is 0 Å². The first-order chi connectivity index (χ1) is 11.0. The van der Waals surface area contributed by atoms with E-state index >= 15 is 0 Å². The van der Waals surface area contributed by atoms with Crippen molar-refractivity contribution in [3.63, 3.8) is 0 Å². The lowest BCUT2D eigenvalue weighted by atomic mass is 9.91. The molecule has 2 aromatic carbocycles. The molecule has 0 aliphatic carbocycles. The molecule has 1 heterocycles. The fourth-order valence-electron chi connectivity index (χ4n) is 2.54. The number of benzene rings is 2. The van der Waals surface area contributed by atoms with E-state index in [0.717, 1.165) is 22.9 Å². The van der Waals surface area contributed by atoms with Gasteiger partial charge in [-0.1, -0.05) is 30.0 Å². The second-order valence-corrected chi connectivity index (χ2v) is 6.25. The molecule has 0 saturated carbocycles. The summed E-state index contributed by atoms with van der Waals surface area (Å²) in [5, 5.41) is 10.8. The maximum atomic E-state index is 12.3. The maximum Gasteiger partial charge on any atom is 0.332 e. The van der Waals surface area contributed by atoms with Gasteiger partial charge in [-0.05, 0) is 46.7 Å². The highest BCUT2D eigenvalue weighted by atomic mass is 32.2. The summed E-state index contributed by atoms with van der Waals surface area (Å²) in [5.41, 5.74) is 0.273. The molecule has 0 fully saturated rings. The molecule has 0 aromatic heterocycles. The van der Waals surface area contributed by atoms with Crippen LogP contribution in [0.3, 0.4) is 0 Å². The second-order valence-electron chi connectivity index (χ2n) is 5.03. The predicted octanol–water partition coefficient (Wildman–Crippen LogP) is 2.53. The molecule has 6 heteroatoms. The lowest BCUT2D eigenvalue weighted by molar-refractivity contribution is -0.143. The van der Waals surface area contributed by atoms with Crippen LogP contribution in [0.25, 0.3) is 10.8 Å². The van der Waals surface area contributed by atoms with Crippen molar-refractivity contribution in [1.82, 2.24) is 0 Å². The molecular weight excluding hydrogens is 316 g/mol. The summed E-state index contributed by atoms with van der Waals surface area (Å²) < 4.78 is 3.22. The number of carboxylic acid groups (broad SMARTS) is 1. The minimum atomic E-state index is -1.93. The van der Waals surface area contributed by atoms with E-state index in [4.69, 9.17) is 4.74 Å². The number of hydrogen-bond donors (Lipinski definition) is 1. The van der Waals surface area contributed by atoms with E-state index in [1.165, 1.54) is 0 Å². The van der Waals surface area contributed by atoms with Crippen LogP contribution < -0.4 is 4.74 Å². The van der Waals surface area contributed by atoms with Crippen molar-refractivity contribution < 1.29 is 24.2 Å². The SMILES string of the molecule is COc1ccc2cc(C3(C(=O)O)SC(=O)C=CC3=O)ccc2c1. The summed E-state index contributed by atoms with van der Waals surface area (Å²) in [6.45, 7) is 0. The van der Waals surface area contributed by atoms with E-state index in [1.807, 2.05) is 6.07 Å². The first-order valence-corrected chi connectivity index (χ1v) is 7.56. The Kier molecular flexibility index (Phi) is 3.69. The van der Waals surface area contributed by atoms with Crippen molar-refractivity contribution in [1.29, 1.82) is 0 Å². The summed E-state index contributed by atoms with van der Waals surface area (Å²) in [6.07, 6.45) is 2.13. The summed E-state index contributed by atoms with van der Waals surface area (Å²) in [4.78, 5) is 35.8. The number of carbonyl (C=O) groups excluding carboxylic acids is 2. The normalized spacial score (nSPS) is 20.7. The van der Waals surface area contributed by atoms with E-state index in [9.17, 15) is 19.5 Å². The monoisotopic (exact) mass is 328 g/mol. The Hall–Kier alpha value is -2.60. The Balaban J connectivity index is 2.20. The molecule has 1 aliphatic heterocycles. The van der Waals surface area contributed by atoms with Gasteiger partial charge in [0, 0.05) is 0 Å². The molecule has 1 N–H and O–H groups in total. The van der Waals surface area contributed by atoms with Crippen LogP contribution in [0.15, 0.2) is 48.6 Å². The summed E-state index contributed by atoms with van der Waals surface area (Å²) in [6, 6.07) is 10.2. The van der Waals surface area contributed by atoms with E-state index in [0.29, 0.717) is 17.5 Å². The molecule has 23 heavy (non-hydrogen) atoms. The molecule has 2 aromatic rings. The van der Waals surface area contributed by atoms with Gasteiger partial charge in [0.1, 0.15) is 5.75 Å². The van der Waals surface area contributed by atoms with Crippen molar-refractivity contribution in [2.24, 2.45) is 0 Å². The van der Waals surface area contributed by atoms with E-state index < -0.39 is 21.6 Å². The van der Waals surface area contributed by atoms with Crippen molar-refractivity contribution in [3.8, 4) is 5.75 Å². The Labute approximate surface area is 135 Å². The lowest BCUT2D eigenvalue weighted by Crippen LogP contribution is -2.42. The van der Waals surface area contributed by atoms with Gasteiger partial charge in [-0.3, -0.25) is 9.59 Å². The van der Waals surface area contributed by atoms with Crippen LogP contribution in [-0.2, 0) is 19.1 Å². The average Bonchev–Trinajstić information content (AvgIpc) is 2.55. The minimum absolute atomic E-state index is 0.273. The molecule has 0 saturated heterocycles. The van der Waals surface area contributed by atoms with Crippen LogP contribution in [0.1, 0.15) is 5.56 Å². The number of rotatable bonds is 3. The topological polar surface area (TPSA) is 80.7 Å². The fraction of sp³-hybridized carbons (Fsp3) is 0.118. The number of fused-ring (bicyclic) bond motifs is 1. The van der Waals surface area contributed by atoms with E-state index in [-0.39, 0.29) is 5.56 Å². The summed E-state index contributed by atoms with van der Waals surface area (Å²) >= 11 is 0.520. The number of allylic oxidation sites excluding steroid dienone is 1. The Morgan fingerprint density at radius 1 is 1.09 bits per heavy atom. The highest BCUT2D eigenvalue weighted by Crippen LogP contribution is 2.42. The average molecular weight is 328 g/mol. The van der Waals surface area contributed by atoms with E-state index in [1.54, 1.807) is 37.4 Å². The molecule has 0 bridgehead atoms. The number of carboxylic acids is 1. The standard InChI is InChI=1S/C17H12O5S/c1-22-13-5-3-10-8-12(4-2-11(10)9-13)17(16(20)21)14(18)6-7-15(19)23-17/h2-9H,1H3,(H,20,21). The van der Waals surface area contributed by atoms with Crippen molar-refractivity contribution >= 4 is 39.4 Å².